The molecule has 0 spiro atoms. The molecule has 6 amide bonds. The van der Waals surface area contributed by atoms with E-state index in [1.165, 1.54) is 12.0 Å². The molecule has 0 bridgehead atoms. The molecule has 3 aromatic carbocycles. The number of rotatable bonds is 14. The molecule has 15 heteroatoms. The van der Waals surface area contributed by atoms with E-state index in [0.717, 1.165) is 11.1 Å². The van der Waals surface area contributed by atoms with Crippen molar-refractivity contribution < 1.29 is 38.2 Å². The number of methoxy groups -OCH3 is 1. The van der Waals surface area contributed by atoms with Crippen LogP contribution in [0.15, 0.2) is 96.1 Å². The first-order valence-corrected chi connectivity index (χ1v) is 18.0. The van der Waals surface area contributed by atoms with E-state index in [4.69, 9.17) is 4.74 Å². The van der Waals surface area contributed by atoms with Gasteiger partial charge in [-0.2, -0.15) is 5.10 Å². The van der Waals surface area contributed by atoms with Crippen molar-refractivity contribution in [1.82, 2.24) is 31.6 Å². The lowest BCUT2D eigenvalue weighted by Gasteiger charge is -2.29. The zero-order valence-corrected chi connectivity index (χ0v) is 31.7. The molecule has 0 aromatic heterocycles. The molecule has 3 unspecified atom stereocenters. The molecule has 5 N–H and O–H groups in total. The lowest BCUT2D eigenvalue weighted by atomic mass is 9.99. The Morgan fingerprint density at radius 1 is 0.855 bits per heavy atom. The lowest BCUT2D eigenvalue weighted by Crippen LogP contribution is -2.54. The third kappa shape index (κ3) is 12.4. The predicted molar refractivity (Wildman–Crippen MR) is 205 cm³/mol. The van der Waals surface area contributed by atoms with Crippen molar-refractivity contribution in [2.75, 3.05) is 20.2 Å². The van der Waals surface area contributed by atoms with Crippen LogP contribution in [0, 0.1) is 0 Å². The number of ether oxygens (including phenoxy) is 2. The van der Waals surface area contributed by atoms with Crippen LogP contribution in [-0.4, -0.2) is 90.4 Å². The molecule has 292 valence electrons. The number of amides is 6. The van der Waals surface area contributed by atoms with Gasteiger partial charge < -0.3 is 30.7 Å². The number of nitrogens with zero attached hydrogens (tertiary/aromatic N) is 2. The van der Waals surface area contributed by atoms with Crippen molar-refractivity contribution in [1.29, 1.82) is 0 Å². The van der Waals surface area contributed by atoms with Gasteiger partial charge in [0.1, 0.15) is 23.9 Å². The van der Waals surface area contributed by atoms with Crippen LogP contribution in [0.25, 0.3) is 0 Å². The van der Waals surface area contributed by atoms with Gasteiger partial charge in [0.05, 0.1) is 19.2 Å². The van der Waals surface area contributed by atoms with E-state index in [9.17, 15) is 28.8 Å². The summed E-state index contributed by atoms with van der Waals surface area (Å²) in [4.78, 5) is 80.7. The van der Waals surface area contributed by atoms with Crippen LogP contribution >= 0.6 is 0 Å². The van der Waals surface area contributed by atoms with Gasteiger partial charge in [-0.25, -0.2) is 15.0 Å². The second kappa shape index (κ2) is 19.7. The summed E-state index contributed by atoms with van der Waals surface area (Å²) in [6.07, 6.45) is -0.0695. The van der Waals surface area contributed by atoms with Crippen LogP contribution < -0.4 is 26.7 Å². The van der Waals surface area contributed by atoms with Crippen molar-refractivity contribution in [3.8, 4) is 0 Å². The first kappa shape index (κ1) is 41.5. The predicted octanol–water partition coefficient (Wildman–Crippen LogP) is 3.81. The third-order valence-corrected chi connectivity index (χ3v) is 8.50. The van der Waals surface area contributed by atoms with E-state index in [1.54, 1.807) is 51.1 Å². The zero-order chi connectivity index (χ0) is 40.0. The lowest BCUT2D eigenvalue weighted by molar-refractivity contribution is -0.140. The van der Waals surface area contributed by atoms with Crippen molar-refractivity contribution in [2.45, 2.75) is 76.7 Å². The summed E-state index contributed by atoms with van der Waals surface area (Å²) in [5.74, 6) is -2.60. The van der Waals surface area contributed by atoms with Crippen LogP contribution in [0.5, 0.6) is 0 Å². The SMILES string of the molecule is CCCC(NC(=O)C1CC(NC(=O)c2ccccc2)CN1C(=O)OC(C)(C)C)C(=NNC(=O)NC(c1ccccc1)c1ccccc1)C(=O)NCC(=O)OC. The van der Waals surface area contributed by atoms with Gasteiger partial charge in [0.25, 0.3) is 11.8 Å². The zero-order valence-electron chi connectivity index (χ0n) is 31.7. The minimum atomic E-state index is -1.11. The van der Waals surface area contributed by atoms with Gasteiger partial charge in [0.15, 0.2) is 0 Å². The minimum Gasteiger partial charge on any atom is -0.468 e. The monoisotopic (exact) mass is 755 g/mol. The Morgan fingerprint density at radius 2 is 1.44 bits per heavy atom. The van der Waals surface area contributed by atoms with Gasteiger partial charge in [-0.3, -0.25) is 24.1 Å². The van der Waals surface area contributed by atoms with Crippen molar-refractivity contribution in [3.63, 3.8) is 0 Å². The molecule has 15 nitrogen and oxygen atoms in total. The molecule has 1 aliphatic rings. The van der Waals surface area contributed by atoms with Gasteiger partial charge in [-0.1, -0.05) is 92.2 Å². The summed E-state index contributed by atoms with van der Waals surface area (Å²) < 4.78 is 10.3. The number of likely N-dealkylation sites (tertiary alicyclic amines) is 1. The molecule has 1 saturated heterocycles. The topological polar surface area (TPSA) is 197 Å². The van der Waals surface area contributed by atoms with Crippen LogP contribution in [0.4, 0.5) is 9.59 Å². The Hall–Kier alpha value is -6.25. The Morgan fingerprint density at radius 3 is 1.98 bits per heavy atom. The number of hydrazone groups is 1. The van der Waals surface area contributed by atoms with E-state index >= 15 is 0 Å². The van der Waals surface area contributed by atoms with Crippen LogP contribution in [-0.2, 0) is 23.9 Å². The number of nitrogens with one attached hydrogen (secondary N) is 5. The van der Waals surface area contributed by atoms with Crippen LogP contribution in [0.3, 0.4) is 0 Å². The Labute approximate surface area is 320 Å². The molecular weight excluding hydrogens is 706 g/mol. The van der Waals surface area contributed by atoms with Crippen molar-refractivity contribution in [3.05, 3.63) is 108 Å². The maximum Gasteiger partial charge on any atom is 0.411 e. The highest BCUT2D eigenvalue weighted by Gasteiger charge is 2.43. The molecule has 1 aliphatic heterocycles. The van der Waals surface area contributed by atoms with Crippen LogP contribution in [0.1, 0.15) is 74.5 Å². The van der Waals surface area contributed by atoms with E-state index in [1.807, 2.05) is 67.6 Å². The van der Waals surface area contributed by atoms with Crippen molar-refractivity contribution >= 4 is 41.5 Å². The van der Waals surface area contributed by atoms with E-state index in [0.29, 0.717) is 12.0 Å². The number of hydrogen-bond donors (Lipinski definition) is 5. The number of urea groups is 1. The van der Waals surface area contributed by atoms with Gasteiger partial charge in [-0.15, -0.1) is 0 Å². The van der Waals surface area contributed by atoms with Crippen molar-refractivity contribution in [2.24, 2.45) is 5.10 Å². The van der Waals surface area contributed by atoms with Gasteiger partial charge >= 0.3 is 18.1 Å². The molecule has 3 aromatic rings. The van der Waals surface area contributed by atoms with E-state index in [2.05, 4.69) is 36.5 Å². The molecule has 1 fully saturated rings. The molecule has 0 radical (unpaired) electrons. The number of benzene rings is 3. The Bertz CT molecular complexity index is 1780. The second-order valence-corrected chi connectivity index (χ2v) is 13.9. The fraction of sp³-hybridized carbons (Fsp3) is 0.375. The van der Waals surface area contributed by atoms with E-state index < -0.39 is 66.2 Å². The number of carbonyl (C=O) groups excluding carboxylic acids is 6. The fourth-order valence-corrected chi connectivity index (χ4v) is 5.93. The third-order valence-electron chi connectivity index (χ3n) is 8.50. The highest BCUT2D eigenvalue weighted by Crippen LogP contribution is 2.24. The van der Waals surface area contributed by atoms with E-state index in [-0.39, 0.29) is 31.0 Å². The normalized spacial score (nSPS) is 16.0. The van der Waals surface area contributed by atoms with Gasteiger partial charge in [0.2, 0.25) is 5.91 Å². The minimum absolute atomic E-state index is 0.0176. The molecular formula is C40H49N7O8. The molecule has 3 atom stereocenters. The molecule has 4 rings (SSSR count). The first-order chi connectivity index (χ1) is 26.3. The molecule has 0 saturated carbocycles. The second-order valence-electron chi connectivity index (χ2n) is 13.9. The molecule has 55 heavy (non-hydrogen) atoms. The maximum atomic E-state index is 14.1. The van der Waals surface area contributed by atoms with Crippen LogP contribution in [0.2, 0.25) is 0 Å². The number of esters is 1. The maximum absolute atomic E-state index is 14.1. The Balaban J connectivity index is 1.60. The largest absolute Gasteiger partial charge is 0.468 e. The number of carbonyl (C=O) groups is 6. The summed E-state index contributed by atoms with van der Waals surface area (Å²) in [6, 6.07) is 23.0. The average Bonchev–Trinajstić information content (AvgIpc) is 3.60. The quantitative estimate of drug-likeness (QED) is 0.0930. The summed E-state index contributed by atoms with van der Waals surface area (Å²) >= 11 is 0. The fourth-order valence-electron chi connectivity index (χ4n) is 5.93. The Kier molecular flexibility index (Phi) is 14.9. The number of hydrogen-bond acceptors (Lipinski definition) is 9. The van der Waals surface area contributed by atoms with Gasteiger partial charge in [-0.05, 0) is 56.9 Å². The molecule has 1 heterocycles. The summed E-state index contributed by atoms with van der Waals surface area (Å²) in [5, 5.41) is 15.2. The average molecular weight is 756 g/mol. The van der Waals surface area contributed by atoms with Gasteiger partial charge in [0, 0.05) is 18.2 Å². The molecule has 0 aliphatic carbocycles. The first-order valence-electron chi connectivity index (χ1n) is 18.0. The highest BCUT2D eigenvalue weighted by atomic mass is 16.6. The summed E-state index contributed by atoms with van der Waals surface area (Å²) in [6.45, 7) is 6.39. The highest BCUT2D eigenvalue weighted by molar-refractivity contribution is 6.41. The summed E-state index contributed by atoms with van der Waals surface area (Å²) in [7, 11) is 1.17. The summed E-state index contributed by atoms with van der Waals surface area (Å²) in [5.41, 5.74) is 3.21. The smallest absolute Gasteiger partial charge is 0.411 e. The standard InChI is InChI=1S/C40H49N7O8/c1-6-16-30(43-36(50)31-23-29(25-47(31)39(53)55-40(2,3)4)42-35(49)28-21-14-9-15-22-28)34(37(51)41-24-32(48)54-5)45-46-38(52)44-33(26-17-10-7-11-18-26)27-19-12-8-13-20-27/h7-15,17-22,29-31,33H,6,16,23-25H2,1-5H3,(H,41,51)(H,42,49)(H,43,50)(H2,44,46,52).